The van der Waals surface area contributed by atoms with Crippen LogP contribution >= 0.6 is 0 Å². The molecule has 2 aromatic carbocycles. The highest BCUT2D eigenvalue weighted by Gasteiger charge is 2.27. The lowest BCUT2D eigenvalue weighted by Crippen LogP contribution is -2.40. The van der Waals surface area contributed by atoms with Crippen LogP contribution in [0.15, 0.2) is 48.5 Å². The van der Waals surface area contributed by atoms with Crippen molar-refractivity contribution < 1.29 is 19.0 Å². The van der Waals surface area contributed by atoms with Gasteiger partial charge in [-0.25, -0.2) is 0 Å². The molecule has 25 heavy (non-hydrogen) atoms. The highest BCUT2D eigenvalue weighted by atomic mass is 16.6. The predicted octanol–water partition coefficient (Wildman–Crippen LogP) is 2.41. The van der Waals surface area contributed by atoms with E-state index in [4.69, 9.17) is 14.2 Å². The summed E-state index contributed by atoms with van der Waals surface area (Å²) in [6.07, 6.45) is -0.675. The van der Waals surface area contributed by atoms with E-state index in [1.54, 1.807) is 18.2 Å². The first kappa shape index (κ1) is 17.1. The van der Waals surface area contributed by atoms with Gasteiger partial charge in [0.05, 0.1) is 0 Å². The Kier molecular flexibility index (Phi) is 5.40. The van der Waals surface area contributed by atoms with E-state index in [9.17, 15) is 4.79 Å². The average molecular weight is 342 g/mol. The molecule has 0 aliphatic carbocycles. The molecule has 6 nitrogen and oxygen atoms in total. The van der Waals surface area contributed by atoms with Crippen LogP contribution in [0.1, 0.15) is 0 Å². The number of hydrogen-bond donors (Lipinski definition) is 1. The Morgan fingerprint density at radius 3 is 2.60 bits per heavy atom. The van der Waals surface area contributed by atoms with Crippen LogP contribution in [0.25, 0.3) is 0 Å². The minimum Gasteiger partial charge on any atom is -0.492 e. The Hall–Kier alpha value is -2.73. The summed E-state index contributed by atoms with van der Waals surface area (Å²) < 4.78 is 16.9. The minimum atomic E-state index is -0.675. The highest BCUT2D eigenvalue weighted by molar-refractivity contribution is 5.94. The van der Waals surface area contributed by atoms with Gasteiger partial charge in [-0.3, -0.25) is 4.79 Å². The molecule has 2 aromatic rings. The van der Waals surface area contributed by atoms with E-state index in [-0.39, 0.29) is 12.5 Å². The SMILES string of the molecule is CN(C)CCOc1ccc(NC(=O)[C@H]2COc3ccccc3O2)cc1. The molecule has 1 amide bonds. The Labute approximate surface area is 147 Å². The Morgan fingerprint density at radius 2 is 1.88 bits per heavy atom. The van der Waals surface area contributed by atoms with Crippen molar-refractivity contribution >= 4 is 11.6 Å². The molecule has 0 fully saturated rings. The summed E-state index contributed by atoms with van der Waals surface area (Å²) in [4.78, 5) is 14.4. The number of carbonyl (C=O) groups is 1. The summed E-state index contributed by atoms with van der Waals surface area (Å²) in [5.74, 6) is 1.77. The van der Waals surface area contributed by atoms with Gasteiger partial charge >= 0.3 is 0 Å². The molecule has 0 saturated carbocycles. The fourth-order valence-electron chi connectivity index (χ4n) is 2.35. The number of amides is 1. The number of hydrogen-bond acceptors (Lipinski definition) is 5. The second-order valence-electron chi connectivity index (χ2n) is 6.03. The first-order chi connectivity index (χ1) is 12.1. The fourth-order valence-corrected chi connectivity index (χ4v) is 2.35. The zero-order valence-corrected chi connectivity index (χ0v) is 14.4. The number of carbonyl (C=O) groups excluding carboxylic acids is 1. The molecule has 0 saturated heterocycles. The van der Waals surface area contributed by atoms with Gasteiger partial charge in [0, 0.05) is 12.2 Å². The van der Waals surface area contributed by atoms with Gasteiger partial charge in [-0.05, 0) is 50.5 Å². The van der Waals surface area contributed by atoms with E-state index in [0.717, 1.165) is 12.3 Å². The third-order valence-electron chi connectivity index (χ3n) is 3.73. The maximum atomic E-state index is 12.4. The minimum absolute atomic E-state index is 0.189. The van der Waals surface area contributed by atoms with Crippen LogP contribution in [0.3, 0.4) is 0 Å². The van der Waals surface area contributed by atoms with Crippen molar-refractivity contribution in [2.24, 2.45) is 0 Å². The molecule has 3 rings (SSSR count). The zero-order valence-electron chi connectivity index (χ0n) is 14.4. The second kappa shape index (κ2) is 7.90. The van der Waals surface area contributed by atoms with Crippen molar-refractivity contribution in [3.63, 3.8) is 0 Å². The monoisotopic (exact) mass is 342 g/mol. The van der Waals surface area contributed by atoms with Crippen LogP contribution in [-0.2, 0) is 4.79 Å². The lowest BCUT2D eigenvalue weighted by atomic mass is 10.2. The van der Waals surface area contributed by atoms with Crippen LogP contribution in [0.2, 0.25) is 0 Å². The van der Waals surface area contributed by atoms with Gasteiger partial charge in [0.15, 0.2) is 11.5 Å². The van der Waals surface area contributed by atoms with Crippen LogP contribution in [0.5, 0.6) is 17.2 Å². The van der Waals surface area contributed by atoms with Crippen molar-refractivity contribution in [3.05, 3.63) is 48.5 Å². The fraction of sp³-hybridized carbons (Fsp3) is 0.316. The van der Waals surface area contributed by atoms with Gasteiger partial charge in [-0.1, -0.05) is 12.1 Å². The van der Waals surface area contributed by atoms with Gasteiger partial charge in [0.2, 0.25) is 6.10 Å². The molecule has 6 heteroatoms. The number of fused-ring (bicyclic) bond motifs is 1. The maximum absolute atomic E-state index is 12.4. The lowest BCUT2D eigenvalue weighted by molar-refractivity contribution is -0.125. The number of rotatable bonds is 6. The second-order valence-corrected chi connectivity index (χ2v) is 6.03. The summed E-state index contributed by atoms with van der Waals surface area (Å²) in [5.41, 5.74) is 0.687. The highest BCUT2D eigenvalue weighted by Crippen LogP contribution is 2.31. The van der Waals surface area contributed by atoms with Crippen molar-refractivity contribution in [2.75, 3.05) is 39.2 Å². The smallest absolute Gasteiger partial charge is 0.269 e. The zero-order chi connectivity index (χ0) is 17.6. The molecule has 0 bridgehead atoms. The summed E-state index contributed by atoms with van der Waals surface area (Å²) in [5, 5.41) is 2.84. The predicted molar refractivity (Wildman–Crippen MR) is 95.5 cm³/mol. The number of ether oxygens (including phenoxy) is 3. The molecule has 0 aromatic heterocycles. The molecular weight excluding hydrogens is 320 g/mol. The molecule has 0 unspecified atom stereocenters. The summed E-state index contributed by atoms with van der Waals surface area (Å²) >= 11 is 0. The number of nitrogens with zero attached hydrogens (tertiary/aromatic N) is 1. The molecule has 0 spiro atoms. The molecular formula is C19H22N2O4. The Balaban J connectivity index is 1.53. The largest absolute Gasteiger partial charge is 0.492 e. The number of nitrogens with one attached hydrogen (secondary N) is 1. The average Bonchev–Trinajstić information content (AvgIpc) is 2.62. The first-order valence-corrected chi connectivity index (χ1v) is 8.19. The van der Waals surface area contributed by atoms with Crippen molar-refractivity contribution in [3.8, 4) is 17.2 Å². The third-order valence-corrected chi connectivity index (χ3v) is 3.73. The number of benzene rings is 2. The van der Waals surface area contributed by atoms with Gasteiger partial charge in [-0.15, -0.1) is 0 Å². The molecule has 132 valence electrons. The molecule has 1 aliphatic heterocycles. The van der Waals surface area contributed by atoms with Crippen molar-refractivity contribution in [1.82, 2.24) is 4.90 Å². The molecule has 1 heterocycles. The van der Waals surface area contributed by atoms with Gasteiger partial charge < -0.3 is 24.4 Å². The third kappa shape index (κ3) is 4.64. The van der Waals surface area contributed by atoms with Gasteiger partial charge in [0.1, 0.15) is 19.0 Å². The Morgan fingerprint density at radius 1 is 1.16 bits per heavy atom. The standard InChI is InChI=1S/C19H22N2O4/c1-21(2)11-12-23-15-9-7-14(8-10-15)20-19(22)18-13-24-16-5-3-4-6-17(16)25-18/h3-10,18H,11-13H2,1-2H3,(H,20,22)/t18-/m1/s1. The van der Waals surface area contributed by atoms with E-state index in [1.807, 2.05) is 44.4 Å². The quantitative estimate of drug-likeness (QED) is 0.874. The van der Waals surface area contributed by atoms with Crippen LogP contribution < -0.4 is 19.5 Å². The van der Waals surface area contributed by atoms with E-state index in [1.165, 1.54) is 0 Å². The summed E-state index contributed by atoms with van der Waals surface area (Å²) in [6.45, 7) is 1.65. The number of para-hydroxylation sites is 2. The molecule has 0 radical (unpaired) electrons. The Bertz CT molecular complexity index is 716. The molecule has 1 atom stereocenters. The number of likely N-dealkylation sites (N-methyl/N-ethyl adjacent to an activating group) is 1. The maximum Gasteiger partial charge on any atom is 0.269 e. The first-order valence-electron chi connectivity index (χ1n) is 8.19. The topological polar surface area (TPSA) is 60.0 Å². The summed E-state index contributed by atoms with van der Waals surface area (Å²) in [7, 11) is 3.99. The molecule has 1 aliphatic rings. The van der Waals surface area contributed by atoms with Crippen molar-refractivity contribution in [1.29, 1.82) is 0 Å². The van der Waals surface area contributed by atoms with E-state index in [2.05, 4.69) is 10.2 Å². The van der Waals surface area contributed by atoms with Crippen LogP contribution in [0, 0.1) is 0 Å². The van der Waals surface area contributed by atoms with Crippen LogP contribution in [-0.4, -0.2) is 50.8 Å². The summed E-state index contributed by atoms with van der Waals surface area (Å²) in [6, 6.07) is 14.6. The number of anilines is 1. The molecule has 1 N–H and O–H groups in total. The van der Waals surface area contributed by atoms with E-state index >= 15 is 0 Å². The van der Waals surface area contributed by atoms with E-state index < -0.39 is 6.10 Å². The normalized spacial score (nSPS) is 15.7. The van der Waals surface area contributed by atoms with Gasteiger partial charge in [0.25, 0.3) is 5.91 Å². The van der Waals surface area contributed by atoms with E-state index in [0.29, 0.717) is 23.8 Å². The van der Waals surface area contributed by atoms with Crippen molar-refractivity contribution in [2.45, 2.75) is 6.10 Å². The lowest BCUT2D eigenvalue weighted by Gasteiger charge is -2.25. The van der Waals surface area contributed by atoms with Crippen LogP contribution in [0.4, 0.5) is 5.69 Å². The van der Waals surface area contributed by atoms with Gasteiger partial charge in [-0.2, -0.15) is 0 Å².